The van der Waals surface area contributed by atoms with Gasteiger partial charge in [0.25, 0.3) is 0 Å². The van der Waals surface area contributed by atoms with E-state index < -0.39 is 40.2 Å². The number of carbonyl (C=O) groups excluding carboxylic acids is 1. The van der Waals surface area contributed by atoms with Crippen LogP contribution in [0.15, 0.2) is 24.3 Å². The van der Waals surface area contributed by atoms with Gasteiger partial charge in [0.1, 0.15) is 11.5 Å². The summed E-state index contributed by atoms with van der Waals surface area (Å²) in [4.78, 5) is 32.3. The number of carboxylic acid groups (broad SMARTS) is 2. The second-order valence-electron chi connectivity index (χ2n) is 3.55. The Balaban J connectivity index is 2.55. The second-order valence-corrected chi connectivity index (χ2v) is 5.01. The molecule has 0 spiro atoms. The van der Waals surface area contributed by atoms with Crippen molar-refractivity contribution >= 4 is 34.3 Å². The summed E-state index contributed by atoms with van der Waals surface area (Å²) >= 11 is 0. The Morgan fingerprint density at radius 2 is 1.63 bits per heavy atom. The summed E-state index contributed by atoms with van der Waals surface area (Å²) in [5.41, 5.74) is 0.426. The monoisotopic (exact) mass is 285 g/mol. The van der Waals surface area contributed by atoms with Gasteiger partial charge in [0.2, 0.25) is 5.91 Å². The van der Waals surface area contributed by atoms with E-state index in [1.807, 2.05) is 0 Å². The number of anilines is 1. The van der Waals surface area contributed by atoms with Crippen molar-refractivity contribution in [3.05, 3.63) is 29.8 Å². The number of hydrogen-bond acceptors (Lipinski definition) is 4. The summed E-state index contributed by atoms with van der Waals surface area (Å²) in [6.07, 6.45) is 0. The van der Waals surface area contributed by atoms with E-state index in [0.29, 0.717) is 5.69 Å². The SMILES string of the molecule is O=C(O)C[S@@](=O)CC(=O)Nc1ccc(C(=O)O)cc1. The van der Waals surface area contributed by atoms with Crippen LogP contribution in [0.3, 0.4) is 0 Å². The molecule has 0 aliphatic heterocycles. The van der Waals surface area contributed by atoms with Gasteiger partial charge in [-0.2, -0.15) is 0 Å². The maximum Gasteiger partial charge on any atom is 0.335 e. The van der Waals surface area contributed by atoms with E-state index in [9.17, 15) is 18.6 Å². The van der Waals surface area contributed by atoms with Gasteiger partial charge >= 0.3 is 11.9 Å². The van der Waals surface area contributed by atoms with Crippen LogP contribution in [0.1, 0.15) is 10.4 Å². The molecule has 102 valence electrons. The minimum Gasteiger partial charge on any atom is -0.481 e. The molecule has 7 nitrogen and oxygen atoms in total. The first-order valence-corrected chi connectivity index (χ1v) is 6.57. The fraction of sp³-hybridized carbons (Fsp3) is 0.182. The molecule has 0 saturated carbocycles. The Labute approximate surface area is 110 Å². The predicted octanol–water partition coefficient (Wildman–Crippen LogP) is 0.157. The van der Waals surface area contributed by atoms with Crippen molar-refractivity contribution < 1.29 is 28.8 Å². The fourth-order valence-electron chi connectivity index (χ4n) is 1.23. The maximum absolute atomic E-state index is 11.4. The lowest BCUT2D eigenvalue weighted by atomic mass is 10.2. The van der Waals surface area contributed by atoms with Crippen LogP contribution in [0.25, 0.3) is 0 Å². The van der Waals surface area contributed by atoms with Gasteiger partial charge in [-0.15, -0.1) is 0 Å². The van der Waals surface area contributed by atoms with Crippen molar-refractivity contribution in [2.45, 2.75) is 0 Å². The van der Waals surface area contributed by atoms with Crippen molar-refractivity contribution in [1.82, 2.24) is 0 Å². The van der Waals surface area contributed by atoms with Gasteiger partial charge in [0, 0.05) is 16.5 Å². The molecular weight excluding hydrogens is 274 g/mol. The van der Waals surface area contributed by atoms with E-state index in [1.165, 1.54) is 24.3 Å². The zero-order valence-electron chi connectivity index (χ0n) is 9.66. The molecule has 0 unspecified atom stereocenters. The number of aliphatic carboxylic acids is 1. The van der Waals surface area contributed by atoms with Gasteiger partial charge in [0.05, 0.1) is 5.56 Å². The largest absolute Gasteiger partial charge is 0.481 e. The number of carbonyl (C=O) groups is 3. The van der Waals surface area contributed by atoms with Crippen LogP contribution in [0.4, 0.5) is 5.69 Å². The highest BCUT2D eigenvalue weighted by Crippen LogP contribution is 2.09. The Morgan fingerprint density at radius 3 is 2.11 bits per heavy atom. The van der Waals surface area contributed by atoms with Crippen LogP contribution in [0, 0.1) is 0 Å². The number of hydrogen-bond donors (Lipinski definition) is 3. The number of benzene rings is 1. The lowest BCUT2D eigenvalue weighted by Gasteiger charge is -2.04. The van der Waals surface area contributed by atoms with Gasteiger partial charge in [-0.1, -0.05) is 0 Å². The smallest absolute Gasteiger partial charge is 0.335 e. The van der Waals surface area contributed by atoms with Crippen molar-refractivity contribution in [2.75, 3.05) is 16.8 Å². The number of aromatic carboxylic acids is 1. The van der Waals surface area contributed by atoms with Crippen LogP contribution in [-0.4, -0.2) is 43.8 Å². The summed E-state index contributed by atoms with van der Waals surface area (Å²) in [7, 11) is -1.77. The Morgan fingerprint density at radius 1 is 1.05 bits per heavy atom. The minimum absolute atomic E-state index is 0.0763. The first-order chi connectivity index (χ1) is 8.88. The third kappa shape index (κ3) is 5.30. The standard InChI is InChI=1S/C11H11NO6S/c13-9(5-19(18)6-10(14)15)12-8-3-1-7(2-4-8)11(16)17/h1-4H,5-6H2,(H,12,13)(H,14,15)(H,16,17)/t19-/m0/s1. The van der Waals surface area contributed by atoms with Gasteiger partial charge in [-0.25, -0.2) is 4.79 Å². The molecule has 1 aromatic rings. The second kappa shape index (κ2) is 6.64. The number of carboxylic acids is 2. The highest BCUT2D eigenvalue weighted by Gasteiger charge is 2.11. The average molecular weight is 285 g/mol. The molecule has 0 bridgehead atoms. The molecule has 1 aromatic carbocycles. The molecule has 0 aliphatic rings. The van der Waals surface area contributed by atoms with Gasteiger partial charge in [-0.3, -0.25) is 13.8 Å². The molecular formula is C11H11NO6S. The number of nitrogens with one attached hydrogen (secondary N) is 1. The Kier molecular flexibility index (Phi) is 5.19. The van der Waals surface area contributed by atoms with E-state index in [0.717, 1.165) is 0 Å². The predicted molar refractivity (Wildman–Crippen MR) is 67.5 cm³/mol. The van der Waals surface area contributed by atoms with Gasteiger partial charge < -0.3 is 15.5 Å². The highest BCUT2D eigenvalue weighted by molar-refractivity contribution is 7.86. The number of rotatable bonds is 6. The average Bonchev–Trinajstić information content (AvgIpc) is 2.27. The molecule has 3 N–H and O–H groups in total. The molecule has 0 aliphatic carbocycles. The molecule has 0 saturated heterocycles. The van der Waals surface area contributed by atoms with Crippen LogP contribution in [-0.2, 0) is 20.4 Å². The van der Waals surface area contributed by atoms with Crippen molar-refractivity contribution in [3.8, 4) is 0 Å². The van der Waals surface area contributed by atoms with E-state index in [-0.39, 0.29) is 5.56 Å². The van der Waals surface area contributed by atoms with E-state index in [4.69, 9.17) is 10.2 Å². The maximum atomic E-state index is 11.4. The topological polar surface area (TPSA) is 121 Å². The molecule has 0 radical (unpaired) electrons. The Hall–Kier alpha value is -2.22. The molecule has 1 amide bonds. The summed E-state index contributed by atoms with van der Waals surface area (Å²) < 4.78 is 11.2. The molecule has 1 rings (SSSR count). The van der Waals surface area contributed by atoms with E-state index in [2.05, 4.69) is 5.32 Å². The summed E-state index contributed by atoms with van der Waals surface area (Å²) in [5.74, 6) is -3.93. The summed E-state index contributed by atoms with van der Waals surface area (Å²) in [6, 6.07) is 5.40. The van der Waals surface area contributed by atoms with Crippen LogP contribution in [0.5, 0.6) is 0 Å². The third-order valence-corrected chi connectivity index (χ3v) is 3.15. The van der Waals surface area contributed by atoms with Crippen molar-refractivity contribution in [1.29, 1.82) is 0 Å². The Bertz CT molecular complexity index is 524. The van der Waals surface area contributed by atoms with E-state index in [1.54, 1.807) is 0 Å². The minimum atomic E-state index is -1.77. The molecule has 19 heavy (non-hydrogen) atoms. The zero-order chi connectivity index (χ0) is 14.4. The number of amides is 1. The molecule has 8 heteroatoms. The van der Waals surface area contributed by atoms with Gasteiger partial charge in [0.15, 0.2) is 0 Å². The summed E-state index contributed by atoms with van der Waals surface area (Å²) in [5, 5.41) is 19.5. The van der Waals surface area contributed by atoms with Crippen molar-refractivity contribution in [2.24, 2.45) is 0 Å². The normalized spacial score (nSPS) is 11.6. The molecule has 1 atom stereocenters. The van der Waals surface area contributed by atoms with Crippen LogP contribution < -0.4 is 5.32 Å². The van der Waals surface area contributed by atoms with Crippen LogP contribution in [0.2, 0.25) is 0 Å². The highest BCUT2D eigenvalue weighted by atomic mass is 32.2. The molecule has 0 aromatic heterocycles. The third-order valence-electron chi connectivity index (χ3n) is 1.99. The lowest BCUT2D eigenvalue weighted by molar-refractivity contribution is -0.133. The first-order valence-electron chi connectivity index (χ1n) is 5.08. The van der Waals surface area contributed by atoms with Crippen LogP contribution >= 0.6 is 0 Å². The first kappa shape index (κ1) is 14.8. The van der Waals surface area contributed by atoms with E-state index >= 15 is 0 Å². The van der Waals surface area contributed by atoms with Gasteiger partial charge in [-0.05, 0) is 24.3 Å². The van der Waals surface area contributed by atoms with Crippen molar-refractivity contribution in [3.63, 3.8) is 0 Å². The zero-order valence-corrected chi connectivity index (χ0v) is 10.5. The summed E-state index contributed by atoms with van der Waals surface area (Å²) in [6.45, 7) is 0. The molecule has 0 heterocycles. The lowest BCUT2D eigenvalue weighted by Crippen LogP contribution is -2.23. The quantitative estimate of drug-likeness (QED) is 0.684. The fourth-order valence-corrected chi connectivity index (χ4v) is 1.97. The molecule has 0 fully saturated rings.